The normalized spacial score (nSPS) is 10.5. The summed E-state index contributed by atoms with van der Waals surface area (Å²) in [5, 5.41) is 0. The number of rotatable bonds is 7. The Morgan fingerprint density at radius 1 is 1.45 bits per heavy atom. The first-order chi connectivity index (χ1) is 5.35. The Hall–Kier alpha value is -0.300. The molecular weight excluding hydrogens is 136 g/mol. The molecule has 0 saturated carbocycles. The van der Waals surface area contributed by atoms with Gasteiger partial charge >= 0.3 is 0 Å². The quantitative estimate of drug-likeness (QED) is 0.512. The van der Waals surface area contributed by atoms with Gasteiger partial charge in [0.05, 0.1) is 0 Å². The van der Waals surface area contributed by atoms with E-state index in [9.17, 15) is 0 Å². The zero-order valence-corrected chi connectivity index (χ0v) is 7.73. The monoisotopic (exact) mass is 155 g/mol. The summed E-state index contributed by atoms with van der Waals surface area (Å²) in [7, 11) is 0. The van der Waals surface area contributed by atoms with Crippen LogP contribution in [0.4, 0.5) is 0 Å². The van der Waals surface area contributed by atoms with Crippen LogP contribution in [0.2, 0.25) is 0 Å². The topological polar surface area (TPSA) is 9.23 Å². The van der Waals surface area contributed by atoms with E-state index in [1.54, 1.807) is 0 Å². The minimum atomic E-state index is 0.785. The second-order valence-corrected chi connectivity index (χ2v) is 2.57. The van der Waals surface area contributed by atoms with Gasteiger partial charge in [-0.3, -0.25) is 0 Å². The van der Waals surface area contributed by atoms with Gasteiger partial charge in [-0.05, 0) is 19.8 Å². The van der Waals surface area contributed by atoms with E-state index in [0.717, 1.165) is 19.4 Å². The van der Waals surface area contributed by atoms with E-state index in [-0.39, 0.29) is 0 Å². The minimum Gasteiger partial charge on any atom is -0.372 e. The molecule has 0 aromatic heterocycles. The van der Waals surface area contributed by atoms with Crippen LogP contribution < -0.4 is 0 Å². The van der Waals surface area contributed by atoms with Crippen LogP contribution >= 0.6 is 0 Å². The lowest BCUT2D eigenvalue weighted by Crippen LogP contribution is -2.01. The number of hydrogen-bond acceptors (Lipinski definition) is 1. The van der Waals surface area contributed by atoms with E-state index in [0.29, 0.717) is 0 Å². The van der Waals surface area contributed by atoms with Crippen molar-refractivity contribution in [3.63, 3.8) is 0 Å². The number of ether oxygens (including phenoxy) is 1. The summed E-state index contributed by atoms with van der Waals surface area (Å²) in [6, 6.07) is 0. The molecule has 65 valence electrons. The molecule has 0 aromatic rings. The van der Waals surface area contributed by atoms with Crippen LogP contribution in [0.1, 0.15) is 39.5 Å². The Balaban J connectivity index is 3.41. The van der Waals surface area contributed by atoms with Crippen LogP contribution in [0.15, 0.2) is 12.7 Å². The van der Waals surface area contributed by atoms with Crippen LogP contribution in [0, 0.1) is 6.10 Å². The molecule has 1 nitrogen and oxygen atoms in total. The first-order valence-electron chi connectivity index (χ1n) is 4.43. The second kappa shape index (κ2) is 7.80. The number of hydrogen-bond donors (Lipinski definition) is 0. The summed E-state index contributed by atoms with van der Waals surface area (Å²) in [5.41, 5.74) is 0. The molecule has 0 fully saturated rings. The molecule has 0 aliphatic rings. The summed E-state index contributed by atoms with van der Waals surface area (Å²) in [6.45, 7) is 8.69. The largest absolute Gasteiger partial charge is 0.372 e. The van der Waals surface area contributed by atoms with Gasteiger partial charge < -0.3 is 4.74 Å². The lowest BCUT2D eigenvalue weighted by molar-refractivity contribution is 0.144. The zero-order chi connectivity index (χ0) is 8.53. The molecule has 0 heterocycles. The lowest BCUT2D eigenvalue weighted by Gasteiger charge is -2.12. The fraction of sp³-hybridized carbons (Fsp3) is 0.700. The molecule has 11 heavy (non-hydrogen) atoms. The van der Waals surface area contributed by atoms with Crippen LogP contribution in [0.25, 0.3) is 0 Å². The Morgan fingerprint density at radius 3 is 2.64 bits per heavy atom. The molecule has 0 aliphatic heterocycles. The predicted molar refractivity (Wildman–Crippen MR) is 49.2 cm³/mol. The highest BCUT2D eigenvalue weighted by Crippen LogP contribution is 2.16. The maximum absolute atomic E-state index is 5.43. The SMILES string of the molecule is C=CC[C](CCCC)OCC. The van der Waals surface area contributed by atoms with Crippen molar-refractivity contribution in [2.45, 2.75) is 39.5 Å². The molecule has 1 radical (unpaired) electrons. The van der Waals surface area contributed by atoms with E-state index < -0.39 is 0 Å². The van der Waals surface area contributed by atoms with E-state index in [4.69, 9.17) is 4.74 Å². The van der Waals surface area contributed by atoms with Gasteiger partial charge in [0.1, 0.15) is 6.10 Å². The summed E-state index contributed by atoms with van der Waals surface area (Å²) in [4.78, 5) is 0. The van der Waals surface area contributed by atoms with Crippen molar-refractivity contribution in [2.75, 3.05) is 6.61 Å². The average molecular weight is 155 g/mol. The molecule has 0 N–H and O–H groups in total. The summed E-state index contributed by atoms with van der Waals surface area (Å²) < 4.78 is 5.43. The molecular formula is C10H19O. The highest BCUT2D eigenvalue weighted by atomic mass is 16.5. The van der Waals surface area contributed by atoms with E-state index >= 15 is 0 Å². The van der Waals surface area contributed by atoms with Crippen molar-refractivity contribution in [1.29, 1.82) is 0 Å². The lowest BCUT2D eigenvalue weighted by atomic mass is 10.1. The highest BCUT2D eigenvalue weighted by molar-refractivity contribution is 4.86. The average Bonchev–Trinajstić information content (AvgIpc) is 2.01. The van der Waals surface area contributed by atoms with Crippen molar-refractivity contribution in [2.24, 2.45) is 0 Å². The van der Waals surface area contributed by atoms with E-state index in [1.165, 1.54) is 18.9 Å². The highest BCUT2D eigenvalue weighted by Gasteiger charge is 2.05. The smallest absolute Gasteiger partial charge is 0.101 e. The summed E-state index contributed by atoms with van der Waals surface area (Å²) in [5.74, 6) is 0. The Labute approximate surface area is 70.4 Å². The summed E-state index contributed by atoms with van der Waals surface area (Å²) >= 11 is 0. The molecule has 0 unspecified atom stereocenters. The van der Waals surface area contributed by atoms with Crippen LogP contribution in [0.5, 0.6) is 0 Å². The maximum Gasteiger partial charge on any atom is 0.101 e. The van der Waals surface area contributed by atoms with E-state index in [2.05, 4.69) is 13.5 Å². The third-order valence-electron chi connectivity index (χ3n) is 1.53. The Bertz CT molecular complexity index is 88.9. The van der Waals surface area contributed by atoms with Gasteiger partial charge in [0.2, 0.25) is 0 Å². The summed E-state index contributed by atoms with van der Waals surface area (Å²) in [6.07, 6.45) is 7.55. The molecule has 0 aliphatic carbocycles. The fourth-order valence-corrected chi connectivity index (χ4v) is 0.972. The maximum atomic E-state index is 5.43. The van der Waals surface area contributed by atoms with Gasteiger partial charge in [-0.2, -0.15) is 0 Å². The van der Waals surface area contributed by atoms with Gasteiger partial charge in [-0.1, -0.05) is 25.8 Å². The first kappa shape index (κ1) is 10.7. The van der Waals surface area contributed by atoms with Gasteiger partial charge in [0, 0.05) is 6.61 Å². The third-order valence-corrected chi connectivity index (χ3v) is 1.53. The molecule has 0 atom stereocenters. The van der Waals surface area contributed by atoms with Gasteiger partial charge in [0.15, 0.2) is 0 Å². The molecule has 0 rings (SSSR count). The minimum absolute atomic E-state index is 0.785. The second-order valence-electron chi connectivity index (χ2n) is 2.57. The van der Waals surface area contributed by atoms with E-state index in [1.807, 2.05) is 13.0 Å². The number of unbranched alkanes of at least 4 members (excludes halogenated alkanes) is 1. The molecule has 1 heteroatoms. The first-order valence-corrected chi connectivity index (χ1v) is 4.43. The molecule has 0 saturated heterocycles. The van der Waals surface area contributed by atoms with Crippen LogP contribution in [-0.2, 0) is 4.74 Å². The Kier molecular flexibility index (Phi) is 7.59. The zero-order valence-electron chi connectivity index (χ0n) is 7.73. The van der Waals surface area contributed by atoms with Crippen LogP contribution in [0.3, 0.4) is 0 Å². The van der Waals surface area contributed by atoms with Crippen molar-refractivity contribution in [3.8, 4) is 0 Å². The standard InChI is InChI=1S/C10H19O/c1-4-7-9-10(8-5-2)11-6-3/h5H,2,4,6-9H2,1,3H3. The van der Waals surface area contributed by atoms with Crippen molar-refractivity contribution in [1.82, 2.24) is 0 Å². The van der Waals surface area contributed by atoms with Gasteiger partial charge in [-0.25, -0.2) is 0 Å². The van der Waals surface area contributed by atoms with Crippen molar-refractivity contribution < 1.29 is 4.74 Å². The van der Waals surface area contributed by atoms with Crippen molar-refractivity contribution >= 4 is 0 Å². The molecule has 0 aromatic carbocycles. The van der Waals surface area contributed by atoms with Gasteiger partial charge in [0.25, 0.3) is 0 Å². The fourth-order valence-electron chi connectivity index (χ4n) is 0.972. The van der Waals surface area contributed by atoms with Gasteiger partial charge in [-0.15, -0.1) is 6.58 Å². The molecule has 0 amide bonds. The molecule has 0 bridgehead atoms. The van der Waals surface area contributed by atoms with Crippen molar-refractivity contribution in [3.05, 3.63) is 18.8 Å². The third kappa shape index (κ3) is 6.11. The van der Waals surface area contributed by atoms with Crippen LogP contribution in [-0.4, -0.2) is 6.61 Å². The predicted octanol–water partition coefficient (Wildman–Crippen LogP) is 3.32. The molecule has 0 spiro atoms. The Morgan fingerprint density at radius 2 is 2.18 bits per heavy atom.